The van der Waals surface area contributed by atoms with Crippen molar-refractivity contribution in [2.75, 3.05) is 13.1 Å². The lowest BCUT2D eigenvalue weighted by Crippen LogP contribution is -2.32. The van der Waals surface area contributed by atoms with E-state index in [2.05, 4.69) is 4.98 Å². The molecule has 1 aromatic carbocycles. The molecule has 5 nitrogen and oxygen atoms in total. The average molecular weight is 332 g/mol. The highest BCUT2D eigenvalue weighted by atomic mass is 32.2. The molecule has 2 aromatic rings. The van der Waals surface area contributed by atoms with Crippen molar-refractivity contribution in [1.82, 2.24) is 9.29 Å². The number of sulfonamides is 1. The number of benzene rings is 1. The Labute approximate surface area is 137 Å². The monoisotopic (exact) mass is 332 g/mol. The van der Waals surface area contributed by atoms with Crippen molar-refractivity contribution in [1.29, 1.82) is 0 Å². The molecule has 1 fully saturated rings. The van der Waals surface area contributed by atoms with Crippen molar-refractivity contribution in [3.8, 4) is 5.88 Å². The van der Waals surface area contributed by atoms with Crippen LogP contribution in [0.5, 0.6) is 5.88 Å². The van der Waals surface area contributed by atoms with E-state index in [1.54, 1.807) is 12.3 Å². The van der Waals surface area contributed by atoms with Crippen LogP contribution in [-0.4, -0.2) is 36.9 Å². The van der Waals surface area contributed by atoms with Gasteiger partial charge in [-0.1, -0.05) is 35.9 Å². The van der Waals surface area contributed by atoms with Gasteiger partial charge in [0, 0.05) is 18.8 Å². The maximum Gasteiger partial charge on any atom is 0.218 e. The molecule has 1 atom stereocenters. The molecule has 1 unspecified atom stereocenters. The van der Waals surface area contributed by atoms with Crippen molar-refractivity contribution in [3.63, 3.8) is 0 Å². The van der Waals surface area contributed by atoms with E-state index in [-0.39, 0.29) is 11.9 Å². The normalized spacial score (nSPS) is 18.9. The molecule has 0 aliphatic carbocycles. The van der Waals surface area contributed by atoms with Crippen molar-refractivity contribution in [3.05, 3.63) is 59.8 Å². The lowest BCUT2D eigenvalue weighted by molar-refractivity contribution is 0.207. The molecular weight excluding hydrogens is 312 g/mol. The van der Waals surface area contributed by atoms with Crippen LogP contribution in [0.1, 0.15) is 17.5 Å². The standard InChI is InChI=1S/C17H20N2O3S/c1-14-5-7-15(8-6-14)13-23(20,21)19-11-9-16(12-19)22-17-4-2-3-10-18-17/h2-8,10,16H,9,11-13H2,1H3. The van der Waals surface area contributed by atoms with E-state index in [9.17, 15) is 8.42 Å². The fourth-order valence-electron chi connectivity index (χ4n) is 2.62. The number of nitrogens with zero attached hydrogens (tertiary/aromatic N) is 2. The van der Waals surface area contributed by atoms with Crippen LogP contribution in [0.2, 0.25) is 0 Å². The summed E-state index contributed by atoms with van der Waals surface area (Å²) in [6.07, 6.45) is 2.21. The molecule has 3 rings (SSSR count). The molecule has 1 aromatic heterocycles. The van der Waals surface area contributed by atoms with Crippen molar-refractivity contribution >= 4 is 10.0 Å². The first-order valence-corrected chi connectivity index (χ1v) is 9.25. The van der Waals surface area contributed by atoms with Gasteiger partial charge in [-0.05, 0) is 25.0 Å². The number of hydrogen-bond acceptors (Lipinski definition) is 4. The molecule has 0 N–H and O–H groups in total. The van der Waals surface area contributed by atoms with Gasteiger partial charge < -0.3 is 4.74 Å². The zero-order valence-electron chi connectivity index (χ0n) is 13.1. The fraction of sp³-hybridized carbons (Fsp3) is 0.353. The zero-order chi connectivity index (χ0) is 16.3. The van der Waals surface area contributed by atoms with Gasteiger partial charge in [-0.15, -0.1) is 0 Å². The predicted molar refractivity (Wildman–Crippen MR) is 88.6 cm³/mol. The van der Waals surface area contributed by atoms with E-state index in [1.165, 1.54) is 4.31 Å². The molecule has 23 heavy (non-hydrogen) atoms. The third-order valence-electron chi connectivity index (χ3n) is 3.90. The summed E-state index contributed by atoms with van der Waals surface area (Å²) in [7, 11) is -3.32. The Morgan fingerprint density at radius 1 is 1.22 bits per heavy atom. The third kappa shape index (κ3) is 4.09. The Balaban J connectivity index is 1.62. The van der Waals surface area contributed by atoms with E-state index >= 15 is 0 Å². The summed E-state index contributed by atoms with van der Waals surface area (Å²) >= 11 is 0. The number of rotatable bonds is 5. The van der Waals surface area contributed by atoms with E-state index in [0.29, 0.717) is 25.4 Å². The van der Waals surface area contributed by atoms with E-state index in [4.69, 9.17) is 4.74 Å². The average Bonchev–Trinajstić information content (AvgIpc) is 3.00. The van der Waals surface area contributed by atoms with Crippen LogP contribution < -0.4 is 4.74 Å². The Bertz CT molecular complexity index is 745. The van der Waals surface area contributed by atoms with Gasteiger partial charge in [0.25, 0.3) is 0 Å². The van der Waals surface area contributed by atoms with Gasteiger partial charge in [0.05, 0.1) is 12.3 Å². The number of hydrogen-bond donors (Lipinski definition) is 0. The molecule has 0 spiro atoms. The third-order valence-corrected chi connectivity index (χ3v) is 5.71. The minimum Gasteiger partial charge on any atom is -0.473 e. The van der Waals surface area contributed by atoms with Gasteiger partial charge in [0.2, 0.25) is 15.9 Å². The highest BCUT2D eigenvalue weighted by Crippen LogP contribution is 2.21. The summed E-state index contributed by atoms with van der Waals surface area (Å²) in [5.74, 6) is 0.569. The van der Waals surface area contributed by atoms with Crippen LogP contribution >= 0.6 is 0 Å². The molecule has 0 bridgehead atoms. The summed E-state index contributed by atoms with van der Waals surface area (Å²) in [5, 5.41) is 0. The van der Waals surface area contributed by atoms with Gasteiger partial charge >= 0.3 is 0 Å². The molecule has 122 valence electrons. The van der Waals surface area contributed by atoms with Crippen LogP contribution in [0, 0.1) is 6.92 Å². The molecule has 2 heterocycles. The number of pyridine rings is 1. The van der Waals surface area contributed by atoms with Crippen molar-refractivity contribution in [2.45, 2.75) is 25.2 Å². The number of ether oxygens (including phenoxy) is 1. The minimum absolute atomic E-state index is 0.0313. The quantitative estimate of drug-likeness (QED) is 0.843. The zero-order valence-corrected chi connectivity index (χ0v) is 13.9. The topological polar surface area (TPSA) is 59.5 Å². The molecule has 6 heteroatoms. The van der Waals surface area contributed by atoms with Gasteiger partial charge in [-0.3, -0.25) is 0 Å². The first kappa shape index (κ1) is 16.0. The Morgan fingerprint density at radius 2 is 2.00 bits per heavy atom. The van der Waals surface area contributed by atoms with E-state index in [1.807, 2.05) is 43.3 Å². The molecule has 1 saturated heterocycles. The lowest BCUT2D eigenvalue weighted by atomic mass is 10.2. The smallest absolute Gasteiger partial charge is 0.218 e. The summed E-state index contributed by atoms with van der Waals surface area (Å²) in [5.41, 5.74) is 1.93. The van der Waals surface area contributed by atoms with Gasteiger partial charge in [-0.25, -0.2) is 13.4 Å². The second-order valence-electron chi connectivity index (χ2n) is 5.80. The molecule has 1 aliphatic heterocycles. The Kier molecular flexibility index (Phi) is 4.63. The summed E-state index contributed by atoms with van der Waals surface area (Å²) in [6.45, 7) is 2.86. The molecular formula is C17H20N2O3S. The first-order valence-electron chi connectivity index (χ1n) is 7.64. The lowest BCUT2D eigenvalue weighted by Gasteiger charge is -2.17. The molecule has 1 aliphatic rings. The van der Waals surface area contributed by atoms with Crippen LogP contribution in [0.3, 0.4) is 0 Å². The van der Waals surface area contributed by atoms with Crippen molar-refractivity contribution < 1.29 is 13.2 Å². The maximum atomic E-state index is 12.5. The van der Waals surface area contributed by atoms with Crippen LogP contribution in [0.25, 0.3) is 0 Å². The van der Waals surface area contributed by atoms with Crippen LogP contribution in [-0.2, 0) is 15.8 Å². The van der Waals surface area contributed by atoms with Crippen molar-refractivity contribution in [2.24, 2.45) is 0 Å². The minimum atomic E-state index is -3.32. The highest BCUT2D eigenvalue weighted by Gasteiger charge is 2.32. The van der Waals surface area contributed by atoms with Crippen LogP contribution in [0.4, 0.5) is 0 Å². The number of aryl methyl sites for hydroxylation is 1. The summed E-state index contributed by atoms with van der Waals surface area (Å²) in [4.78, 5) is 4.12. The largest absolute Gasteiger partial charge is 0.473 e. The fourth-order valence-corrected chi connectivity index (χ4v) is 4.19. The van der Waals surface area contributed by atoms with E-state index < -0.39 is 10.0 Å². The van der Waals surface area contributed by atoms with Crippen LogP contribution in [0.15, 0.2) is 48.7 Å². The summed E-state index contributed by atoms with van der Waals surface area (Å²) in [6, 6.07) is 13.0. The summed E-state index contributed by atoms with van der Waals surface area (Å²) < 4.78 is 32.3. The Hall–Kier alpha value is -1.92. The first-order chi connectivity index (χ1) is 11.0. The molecule has 0 radical (unpaired) electrons. The molecule has 0 amide bonds. The van der Waals surface area contributed by atoms with E-state index in [0.717, 1.165) is 11.1 Å². The highest BCUT2D eigenvalue weighted by molar-refractivity contribution is 7.88. The van der Waals surface area contributed by atoms with Gasteiger partial charge in [0.1, 0.15) is 6.10 Å². The number of aromatic nitrogens is 1. The second-order valence-corrected chi connectivity index (χ2v) is 7.77. The predicted octanol–water partition coefficient (Wildman–Crippen LogP) is 2.37. The van der Waals surface area contributed by atoms with Gasteiger partial charge in [0.15, 0.2) is 0 Å². The molecule has 0 saturated carbocycles. The maximum absolute atomic E-state index is 12.5. The second kappa shape index (κ2) is 6.68. The van der Waals surface area contributed by atoms with Gasteiger partial charge in [-0.2, -0.15) is 4.31 Å². The SMILES string of the molecule is Cc1ccc(CS(=O)(=O)N2CCC(Oc3ccccn3)C2)cc1. The Morgan fingerprint density at radius 3 is 2.70 bits per heavy atom.